The van der Waals surface area contributed by atoms with Gasteiger partial charge in [0.05, 0.1) is 32.7 Å². The van der Waals surface area contributed by atoms with Crippen molar-refractivity contribution in [3.8, 4) is 34.2 Å². The third-order valence-corrected chi connectivity index (χ3v) is 5.46. The average Bonchev–Trinajstić information content (AvgIpc) is 3.31. The molecule has 0 amide bonds. The lowest BCUT2D eigenvalue weighted by Crippen LogP contribution is -2.09. The maximum Gasteiger partial charge on any atom is 0.342 e. The number of para-hydroxylation sites is 1. The van der Waals surface area contributed by atoms with Gasteiger partial charge in [0.25, 0.3) is 0 Å². The molecule has 34 heavy (non-hydrogen) atoms. The molecule has 0 saturated carbocycles. The molecule has 0 saturated heterocycles. The van der Waals surface area contributed by atoms with Gasteiger partial charge in [-0.3, -0.25) is 0 Å². The van der Waals surface area contributed by atoms with Gasteiger partial charge >= 0.3 is 5.97 Å². The van der Waals surface area contributed by atoms with Gasteiger partial charge in [0.2, 0.25) is 5.75 Å². The summed E-state index contributed by atoms with van der Waals surface area (Å²) in [7, 11) is 4.44. The SMILES string of the molecule is COc1ccc(C(=O)OCc2cn(-c3ccccc3)nc2-c2ccc(Cl)cc2)c(OC)c1OC. The summed E-state index contributed by atoms with van der Waals surface area (Å²) in [5.41, 5.74) is 3.39. The summed E-state index contributed by atoms with van der Waals surface area (Å²) in [6.07, 6.45) is 1.85. The van der Waals surface area contributed by atoms with E-state index in [1.54, 1.807) is 28.9 Å². The highest BCUT2D eigenvalue weighted by molar-refractivity contribution is 6.30. The fourth-order valence-corrected chi connectivity index (χ4v) is 3.69. The van der Waals surface area contributed by atoms with Gasteiger partial charge in [0.1, 0.15) is 12.2 Å². The zero-order valence-corrected chi connectivity index (χ0v) is 19.7. The van der Waals surface area contributed by atoms with Gasteiger partial charge in [-0.25, -0.2) is 9.48 Å². The van der Waals surface area contributed by atoms with E-state index in [1.807, 2.05) is 48.7 Å². The molecule has 7 nitrogen and oxygen atoms in total. The van der Waals surface area contributed by atoms with Crippen LogP contribution in [0.4, 0.5) is 0 Å². The number of nitrogens with zero attached hydrogens (tertiary/aromatic N) is 2. The van der Waals surface area contributed by atoms with Gasteiger partial charge in [0.15, 0.2) is 11.5 Å². The van der Waals surface area contributed by atoms with Gasteiger partial charge in [0, 0.05) is 22.3 Å². The van der Waals surface area contributed by atoms with E-state index in [4.69, 9.17) is 35.6 Å². The first-order valence-corrected chi connectivity index (χ1v) is 10.8. The van der Waals surface area contributed by atoms with Gasteiger partial charge in [-0.1, -0.05) is 41.9 Å². The number of esters is 1. The Labute approximate surface area is 202 Å². The van der Waals surface area contributed by atoms with Crippen LogP contribution < -0.4 is 14.2 Å². The second-order valence-electron chi connectivity index (χ2n) is 7.25. The van der Waals surface area contributed by atoms with Crippen LogP contribution in [0, 0.1) is 0 Å². The summed E-state index contributed by atoms with van der Waals surface area (Å²) < 4.78 is 23.5. The molecule has 0 atom stereocenters. The number of carbonyl (C=O) groups is 1. The molecule has 0 radical (unpaired) electrons. The Hall–Kier alpha value is -3.97. The van der Waals surface area contributed by atoms with Crippen LogP contribution in [0.1, 0.15) is 15.9 Å². The van der Waals surface area contributed by atoms with Crippen LogP contribution >= 0.6 is 11.6 Å². The van der Waals surface area contributed by atoms with Crippen molar-refractivity contribution in [2.45, 2.75) is 6.61 Å². The molecular formula is C26H23ClN2O5. The van der Waals surface area contributed by atoms with Crippen molar-refractivity contribution in [3.05, 3.63) is 89.1 Å². The monoisotopic (exact) mass is 478 g/mol. The van der Waals surface area contributed by atoms with Crippen LogP contribution in [0.2, 0.25) is 5.02 Å². The second-order valence-corrected chi connectivity index (χ2v) is 7.68. The van der Waals surface area contributed by atoms with Gasteiger partial charge in [-0.05, 0) is 36.4 Å². The molecule has 0 fully saturated rings. The fourth-order valence-electron chi connectivity index (χ4n) is 3.56. The molecule has 1 heterocycles. The minimum atomic E-state index is -0.563. The van der Waals surface area contributed by atoms with Crippen LogP contribution in [0.3, 0.4) is 0 Å². The lowest BCUT2D eigenvalue weighted by Gasteiger charge is -2.15. The lowest BCUT2D eigenvalue weighted by atomic mass is 10.1. The summed E-state index contributed by atoms with van der Waals surface area (Å²) in [6.45, 7) is 0.00112. The number of aromatic nitrogens is 2. The number of benzene rings is 3. The Kier molecular flexibility index (Phi) is 7.04. The van der Waals surface area contributed by atoms with Crippen molar-refractivity contribution in [1.29, 1.82) is 0 Å². The smallest absolute Gasteiger partial charge is 0.342 e. The first kappa shape index (κ1) is 23.2. The van der Waals surface area contributed by atoms with E-state index in [2.05, 4.69) is 0 Å². The topological polar surface area (TPSA) is 71.8 Å². The molecule has 0 unspecified atom stereocenters. The van der Waals surface area contributed by atoms with Crippen molar-refractivity contribution in [2.75, 3.05) is 21.3 Å². The van der Waals surface area contributed by atoms with E-state index in [9.17, 15) is 4.79 Å². The first-order chi connectivity index (χ1) is 16.5. The molecular weight excluding hydrogens is 456 g/mol. The molecule has 3 aromatic carbocycles. The summed E-state index contributed by atoms with van der Waals surface area (Å²) in [5.74, 6) is 0.445. The van der Waals surface area contributed by atoms with E-state index < -0.39 is 5.97 Å². The van der Waals surface area contributed by atoms with Crippen LogP contribution in [-0.2, 0) is 11.3 Å². The van der Waals surface area contributed by atoms with Gasteiger partial charge in [-0.2, -0.15) is 5.10 Å². The summed E-state index contributed by atoms with van der Waals surface area (Å²) in [4.78, 5) is 13.0. The van der Waals surface area contributed by atoms with Crippen molar-refractivity contribution in [2.24, 2.45) is 0 Å². The van der Waals surface area contributed by atoms with Gasteiger partial charge < -0.3 is 18.9 Å². The number of halogens is 1. The maximum atomic E-state index is 13.0. The summed E-state index contributed by atoms with van der Waals surface area (Å²) in [6, 6.07) is 20.2. The number of hydrogen-bond donors (Lipinski definition) is 0. The molecule has 0 bridgehead atoms. The number of ether oxygens (including phenoxy) is 4. The Bertz CT molecular complexity index is 1290. The average molecular weight is 479 g/mol. The zero-order valence-electron chi connectivity index (χ0n) is 18.9. The number of hydrogen-bond acceptors (Lipinski definition) is 6. The van der Waals surface area contributed by atoms with E-state index in [0.29, 0.717) is 22.2 Å². The molecule has 0 aliphatic carbocycles. The van der Waals surface area contributed by atoms with Gasteiger partial charge in [-0.15, -0.1) is 0 Å². The van der Waals surface area contributed by atoms with E-state index >= 15 is 0 Å². The highest BCUT2D eigenvalue weighted by atomic mass is 35.5. The zero-order chi connectivity index (χ0) is 24.1. The van der Waals surface area contributed by atoms with E-state index in [-0.39, 0.29) is 17.9 Å². The number of rotatable bonds is 8. The minimum absolute atomic E-state index is 0.00112. The number of carbonyl (C=O) groups excluding carboxylic acids is 1. The highest BCUT2D eigenvalue weighted by Gasteiger charge is 2.23. The first-order valence-electron chi connectivity index (χ1n) is 10.4. The van der Waals surface area contributed by atoms with Crippen molar-refractivity contribution < 1.29 is 23.7 Å². The Morgan fingerprint density at radius 3 is 2.24 bits per heavy atom. The second kappa shape index (κ2) is 10.3. The largest absolute Gasteiger partial charge is 0.493 e. The Morgan fingerprint density at radius 2 is 1.59 bits per heavy atom. The van der Waals surface area contributed by atoms with E-state index in [1.165, 1.54) is 21.3 Å². The molecule has 0 aliphatic heterocycles. The van der Waals surface area contributed by atoms with Crippen molar-refractivity contribution in [1.82, 2.24) is 9.78 Å². The van der Waals surface area contributed by atoms with Crippen LogP contribution in [0.5, 0.6) is 17.2 Å². The maximum absolute atomic E-state index is 13.0. The molecule has 4 rings (SSSR count). The van der Waals surface area contributed by atoms with Crippen LogP contribution in [-0.4, -0.2) is 37.1 Å². The molecule has 8 heteroatoms. The predicted octanol–water partition coefficient (Wildman–Crippen LogP) is 5.58. The normalized spacial score (nSPS) is 10.6. The molecule has 0 spiro atoms. The van der Waals surface area contributed by atoms with Crippen molar-refractivity contribution >= 4 is 17.6 Å². The fraction of sp³-hybridized carbons (Fsp3) is 0.154. The van der Waals surface area contributed by atoms with Crippen LogP contribution in [0.25, 0.3) is 16.9 Å². The Balaban J connectivity index is 1.66. The van der Waals surface area contributed by atoms with Crippen LogP contribution in [0.15, 0.2) is 72.9 Å². The molecule has 1 aromatic heterocycles. The molecule has 0 aliphatic rings. The summed E-state index contributed by atoms with van der Waals surface area (Å²) in [5, 5.41) is 5.36. The Morgan fingerprint density at radius 1 is 0.882 bits per heavy atom. The molecule has 0 N–H and O–H groups in total. The minimum Gasteiger partial charge on any atom is -0.493 e. The summed E-state index contributed by atoms with van der Waals surface area (Å²) >= 11 is 6.06. The third kappa shape index (κ3) is 4.70. The highest BCUT2D eigenvalue weighted by Crippen LogP contribution is 2.40. The standard InChI is InChI=1S/C26H23ClN2O5/c1-31-22-14-13-21(24(32-2)25(22)33-3)26(30)34-16-18-15-29(20-7-5-4-6-8-20)28-23(18)17-9-11-19(27)12-10-17/h4-15H,16H2,1-3H3. The molecule has 174 valence electrons. The quantitative estimate of drug-likeness (QED) is 0.308. The third-order valence-electron chi connectivity index (χ3n) is 5.21. The number of methoxy groups -OCH3 is 3. The molecule has 4 aromatic rings. The van der Waals surface area contributed by atoms with E-state index in [0.717, 1.165) is 16.8 Å². The van der Waals surface area contributed by atoms with Crippen molar-refractivity contribution in [3.63, 3.8) is 0 Å². The lowest BCUT2D eigenvalue weighted by molar-refractivity contribution is 0.0469. The predicted molar refractivity (Wildman–Crippen MR) is 129 cm³/mol.